The maximum absolute atomic E-state index is 13.0. The maximum Gasteiger partial charge on any atom is 0.228 e. The van der Waals surface area contributed by atoms with Crippen LogP contribution in [-0.4, -0.2) is 51.8 Å². The zero-order valence-electron chi connectivity index (χ0n) is 17.6. The van der Waals surface area contributed by atoms with Crippen LogP contribution in [0.3, 0.4) is 0 Å². The number of carbonyl (C=O) groups is 1. The van der Waals surface area contributed by atoms with Gasteiger partial charge in [0.2, 0.25) is 5.91 Å². The van der Waals surface area contributed by atoms with Gasteiger partial charge in [0.05, 0.1) is 11.7 Å². The van der Waals surface area contributed by atoms with E-state index < -0.39 is 6.17 Å². The molecule has 1 amide bonds. The van der Waals surface area contributed by atoms with Gasteiger partial charge in [-0.05, 0) is 55.9 Å². The van der Waals surface area contributed by atoms with Crippen LogP contribution in [0.1, 0.15) is 31.6 Å². The number of anilines is 1. The van der Waals surface area contributed by atoms with Crippen molar-refractivity contribution in [3.63, 3.8) is 0 Å². The number of carbonyl (C=O) groups excluding carboxylic acids is 1. The highest BCUT2D eigenvalue weighted by molar-refractivity contribution is 5.94. The second-order valence-electron chi connectivity index (χ2n) is 8.77. The molecule has 1 saturated carbocycles. The molecule has 5 rings (SSSR count). The third kappa shape index (κ3) is 4.44. The normalized spacial score (nSPS) is 22.4. The fourth-order valence-corrected chi connectivity index (χ4v) is 4.61. The molecule has 0 bridgehead atoms. The molecule has 31 heavy (non-hydrogen) atoms. The number of benzene rings is 1. The largest absolute Gasteiger partial charge is 0.441 e. The van der Waals surface area contributed by atoms with Crippen molar-refractivity contribution >= 4 is 22.6 Å². The van der Waals surface area contributed by atoms with E-state index in [2.05, 4.69) is 25.4 Å². The van der Waals surface area contributed by atoms with Gasteiger partial charge in [0.25, 0.3) is 0 Å². The average Bonchev–Trinajstić information content (AvgIpc) is 3.19. The van der Waals surface area contributed by atoms with Crippen LogP contribution in [0, 0.1) is 18.8 Å². The number of rotatable bonds is 5. The van der Waals surface area contributed by atoms with Crippen LogP contribution in [0.5, 0.6) is 0 Å². The Morgan fingerprint density at radius 3 is 2.71 bits per heavy atom. The van der Waals surface area contributed by atoms with Gasteiger partial charge in [0.15, 0.2) is 17.5 Å². The third-order valence-corrected chi connectivity index (χ3v) is 6.39. The van der Waals surface area contributed by atoms with Gasteiger partial charge in [-0.25, -0.2) is 9.37 Å². The number of likely N-dealkylation sites (tertiary alicyclic amines) is 1. The van der Waals surface area contributed by atoms with E-state index in [0.29, 0.717) is 36.5 Å². The number of hydrogen-bond donors (Lipinski definition) is 1. The van der Waals surface area contributed by atoms with Crippen LogP contribution in [0.2, 0.25) is 0 Å². The van der Waals surface area contributed by atoms with Gasteiger partial charge in [-0.15, -0.1) is 10.2 Å². The first-order valence-electron chi connectivity index (χ1n) is 10.9. The highest BCUT2D eigenvalue weighted by Gasteiger charge is 2.31. The number of aromatic nitrogens is 3. The number of hydrogen-bond acceptors (Lipinski definition) is 6. The molecule has 3 heterocycles. The molecule has 2 fully saturated rings. The number of oxazole rings is 1. The molecule has 1 saturated heterocycles. The van der Waals surface area contributed by atoms with Crippen molar-refractivity contribution in [1.29, 1.82) is 0 Å². The lowest BCUT2D eigenvalue weighted by Crippen LogP contribution is -2.50. The lowest BCUT2D eigenvalue weighted by atomic mass is 9.81. The molecule has 7 nitrogen and oxygen atoms in total. The third-order valence-electron chi connectivity index (χ3n) is 6.39. The Hall–Kier alpha value is -2.87. The summed E-state index contributed by atoms with van der Waals surface area (Å²) < 4.78 is 18.6. The zero-order valence-corrected chi connectivity index (χ0v) is 17.6. The molecule has 2 aliphatic rings. The van der Waals surface area contributed by atoms with E-state index in [1.54, 1.807) is 6.20 Å². The van der Waals surface area contributed by atoms with Crippen LogP contribution in [-0.2, 0) is 4.79 Å². The Bertz CT molecular complexity index is 1090. The molecule has 8 heteroatoms. The molecular formula is C23H26FN5O2. The van der Waals surface area contributed by atoms with Crippen molar-refractivity contribution in [2.45, 2.75) is 38.8 Å². The van der Waals surface area contributed by atoms with Gasteiger partial charge < -0.3 is 9.73 Å². The van der Waals surface area contributed by atoms with Crippen molar-refractivity contribution in [3.05, 3.63) is 36.4 Å². The Morgan fingerprint density at radius 2 is 2.00 bits per heavy atom. The molecule has 3 aromatic rings. The first kappa shape index (κ1) is 20.1. The van der Waals surface area contributed by atoms with Gasteiger partial charge in [0.1, 0.15) is 6.17 Å². The molecule has 162 valence electrons. The van der Waals surface area contributed by atoms with E-state index in [0.717, 1.165) is 48.7 Å². The quantitative estimate of drug-likeness (QED) is 0.668. The van der Waals surface area contributed by atoms with E-state index in [4.69, 9.17) is 4.42 Å². The Kier molecular flexibility index (Phi) is 5.40. The summed E-state index contributed by atoms with van der Waals surface area (Å²) in [6.07, 6.45) is 4.78. The van der Waals surface area contributed by atoms with Crippen molar-refractivity contribution in [1.82, 2.24) is 20.1 Å². The molecule has 0 unspecified atom stereocenters. The average molecular weight is 423 g/mol. The summed E-state index contributed by atoms with van der Waals surface area (Å²) in [5.74, 6) is 2.32. The number of amides is 1. The highest BCUT2D eigenvalue weighted by Crippen LogP contribution is 2.31. The summed E-state index contributed by atoms with van der Waals surface area (Å²) >= 11 is 0. The monoisotopic (exact) mass is 423 g/mol. The fraction of sp³-hybridized carbons (Fsp3) is 0.478. The van der Waals surface area contributed by atoms with Gasteiger partial charge in [-0.1, -0.05) is 0 Å². The summed E-state index contributed by atoms with van der Waals surface area (Å²) in [6, 6.07) is 7.60. The van der Waals surface area contributed by atoms with E-state index >= 15 is 0 Å². The molecule has 2 aromatic heterocycles. The lowest BCUT2D eigenvalue weighted by Gasteiger charge is -2.38. The Morgan fingerprint density at radius 1 is 1.19 bits per heavy atom. The van der Waals surface area contributed by atoms with E-state index in [-0.39, 0.29) is 11.8 Å². The van der Waals surface area contributed by atoms with Crippen LogP contribution in [0.25, 0.3) is 22.2 Å². The standard InChI is InChI=1S/C23H26FN5O2/c1-14-25-10-21(31-14)17-6-7-20-18(8-17)9-22(28-27-20)26-23(30)16-4-2-15(3-5-16)11-29-12-19(24)13-29/h6-10,15-16,19H,2-5,11-13H2,1H3,(H,26,28,30). The summed E-state index contributed by atoms with van der Waals surface area (Å²) in [6.45, 7) is 3.90. The predicted molar refractivity (Wildman–Crippen MR) is 115 cm³/mol. The van der Waals surface area contributed by atoms with Gasteiger partial charge >= 0.3 is 0 Å². The highest BCUT2D eigenvalue weighted by atomic mass is 19.1. The summed E-state index contributed by atoms with van der Waals surface area (Å²) in [5, 5.41) is 12.2. The second kappa shape index (κ2) is 8.34. The number of nitrogens with zero attached hydrogens (tertiary/aromatic N) is 4. The first-order valence-corrected chi connectivity index (χ1v) is 10.9. The molecule has 1 aliphatic heterocycles. The van der Waals surface area contributed by atoms with Crippen molar-refractivity contribution < 1.29 is 13.6 Å². The molecule has 0 radical (unpaired) electrons. The number of alkyl halides is 1. The maximum atomic E-state index is 13.0. The fourth-order valence-electron chi connectivity index (χ4n) is 4.61. The summed E-state index contributed by atoms with van der Waals surface area (Å²) in [7, 11) is 0. The van der Waals surface area contributed by atoms with Crippen molar-refractivity contribution in [3.8, 4) is 11.3 Å². The molecule has 1 N–H and O–H groups in total. The topological polar surface area (TPSA) is 84.2 Å². The molecule has 0 atom stereocenters. The summed E-state index contributed by atoms with van der Waals surface area (Å²) in [5.41, 5.74) is 1.65. The van der Waals surface area contributed by atoms with Crippen LogP contribution < -0.4 is 5.32 Å². The van der Waals surface area contributed by atoms with E-state index in [1.165, 1.54) is 0 Å². The SMILES string of the molecule is Cc1ncc(-c2ccc3nnc(NC(=O)C4CCC(CN5CC(F)C5)CC4)cc3c2)o1. The molecule has 1 aliphatic carbocycles. The zero-order chi connectivity index (χ0) is 21.4. The van der Waals surface area contributed by atoms with E-state index in [1.807, 2.05) is 31.2 Å². The van der Waals surface area contributed by atoms with Crippen molar-refractivity contribution in [2.75, 3.05) is 25.0 Å². The number of aryl methyl sites for hydroxylation is 1. The number of fused-ring (bicyclic) bond motifs is 1. The Balaban J connectivity index is 1.21. The van der Waals surface area contributed by atoms with E-state index in [9.17, 15) is 9.18 Å². The minimum atomic E-state index is -0.652. The van der Waals surface area contributed by atoms with Gasteiger partial charge in [-0.3, -0.25) is 9.69 Å². The second-order valence-corrected chi connectivity index (χ2v) is 8.77. The van der Waals surface area contributed by atoms with Gasteiger partial charge in [-0.2, -0.15) is 0 Å². The summed E-state index contributed by atoms with van der Waals surface area (Å²) in [4.78, 5) is 19.1. The molecule has 1 aromatic carbocycles. The number of halogens is 1. The smallest absolute Gasteiger partial charge is 0.228 e. The minimum Gasteiger partial charge on any atom is -0.441 e. The van der Waals surface area contributed by atoms with Crippen LogP contribution >= 0.6 is 0 Å². The first-order chi connectivity index (χ1) is 15.0. The minimum absolute atomic E-state index is 0.00175. The number of nitrogens with one attached hydrogen (secondary N) is 1. The van der Waals surface area contributed by atoms with Crippen LogP contribution in [0.15, 0.2) is 34.9 Å². The lowest BCUT2D eigenvalue weighted by molar-refractivity contribution is -0.121. The molecular weight excluding hydrogens is 397 g/mol. The van der Waals surface area contributed by atoms with Gasteiger partial charge in [0, 0.05) is 43.4 Å². The predicted octanol–water partition coefficient (Wildman–Crippen LogP) is 3.99. The Labute approximate surface area is 180 Å². The van der Waals surface area contributed by atoms with Crippen molar-refractivity contribution in [2.24, 2.45) is 11.8 Å². The van der Waals surface area contributed by atoms with Crippen LogP contribution in [0.4, 0.5) is 10.2 Å². The molecule has 0 spiro atoms.